The minimum atomic E-state index is -0.211. The summed E-state index contributed by atoms with van der Waals surface area (Å²) in [6.45, 7) is 4.77. The van der Waals surface area contributed by atoms with Crippen molar-refractivity contribution < 1.29 is 9.59 Å². The van der Waals surface area contributed by atoms with E-state index in [4.69, 9.17) is 0 Å². The molecule has 0 bridgehead atoms. The van der Waals surface area contributed by atoms with Gasteiger partial charge in [0.05, 0.1) is 12.6 Å². The first-order chi connectivity index (χ1) is 13.1. The number of nitrogens with one attached hydrogen (secondary N) is 2. The molecule has 2 aromatic rings. The molecule has 3 atom stereocenters. The van der Waals surface area contributed by atoms with Crippen molar-refractivity contribution in [3.63, 3.8) is 0 Å². The van der Waals surface area contributed by atoms with Crippen LogP contribution in [0.25, 0.3) is 0 Å². The second kappa shape index (κ2) is 8.76. The molecular weight excluding hydrogens is 374 g/mol. The lowest BCUT2D eigenvalue weighted by atomic mass is 9.87. The second-order valence-corrected chi connectivity index (χ2v) is 7.48. The zero-order valence-corrected chi connectivity index (χ0v) is 16.7. The molecule has 2 saturated heterocycles. The van der Waals surface area contributed by atoms with Gasteiger partial charge in [-0.25, -0.2) is 0 Å². The monoisotopic (exact) mass is 399 g/mol. The molecule has 2 aliphatic rings. The molecule has 0 aromatic heterocycles. The molecule has 2 N–H and O–H groups in total. The normalized spacial score (nSPS) is 23.0. The number of amides is 2. The van der Waals surface area contributed by atoms with Crippen LogP contribution in [-0.4, -0.2) is 42.9 Å². The molecule has 148 valence electrons. The van der Waals surface area contributed by atoms with Crippen molar-refractivity contribution in [2.45, 2.75) is 13.0 Å². The van der Waals surface area contributed by atoms with E-state index in [0.29, 0.717) is 17.4 Å². The third-order valence-electron chi connectivity index (χ3n) is 5.83. The highest BCUT2D eigenvalue weighted by molar-refractivity contribution is 5.96. The summed E-state index contributed by atoms with van der Waals surface area (Å²) in [5.74, 6) is 0.683. The van der Waals surface area contributed by atoms with E-state index in [-0.39, 0.29) is 36.8 Å². The highest BCUT2D eigenvalue weighted by Gasteiger charge is 2.46. The Bertz CT molecular complexity index is 843. The maximum atomic E-state index is 13.0. The average Bonchev–Trinajstić information content (AvgIpc) is 3.28. The summed E-state index contributed by atoms with van der Waals surface area (Å²) >= 11 is 0. The van der Waals surface area contributed by atoms with Crippen LogP contribution in [-0.2, 0) is 4.79 Å². The third kappa shape index (κ3) is 3.91. The quantitative estimate of drug-likeness (QED) is 0.830. The lowest BCUT2D eigenvalue weighted by molar-refractivity contribution is -0.131. The number of nitrogens with zero attached hydrogens (tertiary/aromatic N) is 1. The first-order valence-electron chi connectivity index (χ1n) is 9.54. The number of benzene rings is 2. The average molecular weight is 400 g/mol. The predicted octanol–water partition coefficient (Wildman–Crippen LogP) is 2.57. The Kier molecular flexibility index (Phi) is 6.37. The molecule has 0 unspecified atom stereocenters. The number of carbonyl (C=O) groups excluding carboxylic acids is 2. The van der Waals surface area contributed by atoms with Gasteiger partial charge in [0.25, 0.3) is 5.91 Å². The molecule has 2 heterocycles. The molecular formula is C22H26ClN3O2. The number of halogens is 1. The Hall–Kier alpha value is -2.37. The van der Waals surface area contributed by atoms with E-state index in [1.54, 1.807) is 12.1 Å². The van der Waals surface area contributed by atoms with Crippen molar-refractivity contribution in [3.05, 3.63) is 71.3 Å². The summed E-state index contributed by atoms with van der Waals surface area (Å²) in [7, 11) is 0. The fraction of sp³-hybridized carbons (Fsp3) is 0.364. The van der Waals surface area contributed by atoms with Crippen molar-refractivity contribution in [1.29, 1.82) is 0 Å². The van der Waals surface area contributed by atoms with Gasteiger partial charge in [-0.2, -0.15) is 0 Å². The lowest BCUT2D eigenvalue weighted by Gasteiger charge is -2.29. The smallest absolute Gasteiger partial charge is 0.251 e. The van der Waals surface area contributed by atoms with Crippen LogP contribution in [0.1, 0.15) is 27.5 Å². The van der Waals surface area contributed by atoms with E-state index in [2.05, 4.69) is 29.7 Å². The maximum Gasteiger partial charge on any atom is 0.251 e. The standard InChI is InChI=1S/C22H25N3O2.ClH/c1-15-7-5-6-10-18(15)21-19-12-23-11-17(19)14-25(21)20(26)13-24-22(27)16-8-3-2-4-9-16;/h2-10,17,19,21,23H,11-14H2,1H3,(H,24,27);1H/t17-,19-,21+;/m0./s1. The number of hydrogen-bond acceptors (Lipinski definition) is 3. The van der Waals surface area contributed by atoms with Crippen LogP contribution in [0.2, 0.25) is 0 Å². The molecule has 2 fully saturated rings. The molecule has 6 heteroatoms. The maximum absolute atomic E-state index is 13.0. The van der Waals surface area contributed by atoms with Crippen LogP contribution >= 0.6 is 12.4 Å². The van der Waals surface area contributed by atoms with Gasteiger partial charge in [0, 0.05) is 31.1 Å². The Morgan fingerprint density at radius 2 is 1.79 bits per heavy atom. The summed E-state index contributed by atoms with van der Waals surface area (Å²) in [5, 5.41) is 6.25. The van der Waals surface area contributed by atoms with Crippen molar-refractivity contribution >= 4 is 24.2 Å². The SMILES string of the molecule is Cc1ccccc1[C@@H]1[C@H]2CNC[C@H]2CN1C(=O)CNC(=O)c1ccccc1.Cl. The van der Waals surface area contributed by atoms with Crippen LogP contribution in [0.4, 0.5) is 0 Å². The van der Waals surface area contributed by atoms with E-state index in [1.807, 2.05) is 35.2 Å². The second-order valence-electron chi connectivity index (χ2n) is 7.48. The topological polar surface area (TPSA) is 61.4 Å². The molecule has 2 aliphatic heterocycles. The highest BCUT2D eigenvalue weighted by Crippen LogP contribution is 2.43. The van der Waals surface area contributed by atoms with Crippen molar-refractivity contribution in [1.82, 2.24) is 15.5 Å². The Morgan fingerprint density at radius 3 is 2.54 bits per heavy atom. The van der Waals surface area contributed by atoms with Crippen molar-refractivity contribution in [2.24, 2.45) is 11.8 Å². The fourth-order valence-corrected chi connectivity index (χ4v) is 4.44. The van der Waals surface area contributed by atoms with Crippen LogP contribution in [0.3, 0.4) is 0 Å². The number of carbonyl (C=O) groups is 2. The molecule has 0 aliphatic carbocycles. The van der Waals surface area contributed by atoms with Gasteiger partial charge < -0.3 is 15.5 Å². The van der Waals surface area contributed by atoms with Gasteiger partial charge in [0.1, 0.15) is 0 Å². The van der Waals surface area contributed by atoms with Gasteiger partial charge in [-0.05, 0) is 36.1 Å². The predicted molar refractivity (Wildman–Crippen MR) is 112 cm³/mol. The Labute approximate surface area is 171 Å². The largest absolute Gasteiger partial charge is 0.343 e. The van der Waals surface area contributed by atoms with Gasteiger partial charge in [-0.1, -0.05) is 42.5 Å². The molecule has 4 rings (SSSR count). The number of fused-ring (bicyclic) bond motifs is 1. The highest BCUT2D eigenvalue weighted by atomic mass is 35.5. The molecule has 5 nitrogen and oxygen atoms in total. The zero-order valence-electron chi connectivity index (χ0n) is 15.9. The number of likely N-dealkylation sites (tertiary alicyclic amines) is 1. The van der Waals surface area contributed by atoms with Gasteiger partial charge in [-0.15, -0.1) is 12.4 Å². The number of hydrogen-bond donors (Lipinski definition) is 2. The molecule has 2 amide bonds. The first-order valence-corrected chi connectivity index (χ1v) is 9.54. The number of rotatable bonds is 4. The molecule has 2 aromatic carbocycles. The summed E-state index contributed by atoms with van der Waals surface area (Å²) in [6, 6.07) is 17.4. The van der Waals surface area contributed by atoms with Crippen LogP contribution < -0.4 is 10.6 Å². The summed E-state index contributed by atoms with van der Waals surface area (Å²) in [4.78, 5) is 27.2. The van der Waals surface area contributed by atoms with Crippen molar-refractivity contribution in [3.8, 4) is 0 Å². The molecule has 0 spiro atoms. The minimum Gasteiger partial charge on any atom is -0.343 e. The summed E-state index contributed by atoms with van der Waals surface area (Å²) < 4.78 is 0. The zero-order chi connectivity index (χ0) is 18.8. The van der Waals surface area contributed by atoms with Crippen LogP contribution in [0.15, 0.2) is 54.6 Å². The van der Waals surface area contributed by atoms with Gasteiger partial charge in [-0.3, -0.25) is 9.59 Å². The third-order valence-corrected chi connectivity index (χ3v) is 5.83. The summed E-state index contributed by atoms with van der Waals surface area (Å²) in [6.07, 6.45) is 0. The first kappa shape index (κ1) is 20.4. The minimum absolute atomic E-state index is 0. The summed E-state index contributed by atoms with van der Waals surface area (Å²) in [5.41, 5.74) is 3.00. The van der Waals surface area contributed by atoms with Gasteiger partial charge in [0.2, 0.25) is 5.91 Å². The van der Waals surface area contributed by atoms with Crippen LogP contribution in [0, 0.1) is 18.8 Å². The van der Waals surface area contributed by atoms with E-state index >= 15 is 0 Å². The number of aryl methyl sites for hydroxylation is 1. The molecule has 0 radical (unpaired) electrons. The van der Waals surface area contributed by atoms with Gasteiger partial charge in [0.15, 0.2) is 0 Å². The van der Waals surface area contributed by atoms with E-state index in [1.165, 1.54) is 11.1 Å². The Morgan fingerprint density at radius 1 is 1.07 bits per heavy atom. The van der Waals surface area contributed by atoms with Crippen LogP contribution in [0.5, 0.6) is 0 Å². The molecule has 28 heavy (non-hydrogen) atoms. The van der Waals surface area contributed by atoms with Crippen molar-refractivity contribution in [2.75, 3.05) is 26.2 Å². The van der Waals surface area contributed by atoms with Gasteiger partial charge >= 0.3 is 0 Å². The van der Waals surface area contributed by atoms with E-state index < -0.39 is 0 Å². The van der Waals surface area contributed by atoms with E-state index in [0.717, 1.165) is 19.6 Å². The lowest BCUT2D eigenvalue weighted by Crippen LogP contribution is -2.41. The fourth-order valence-electron chi connectivity index (χ4n) is 4.44. The Balaban J connectivity index is 0.00000225. The molecule has 0 saturated carbocycles. The van der Waals surface area contributed by atoms with E-state index in [9.17, 15) is 9.59 Å².